The summed E-state index contributed by atoms with van der Waals surface area (Å²) in [6, 6.07) is 8.48. The van der Waals surface area contributed by atoms with Gasteiger partial charge in [0, 0.05) is 0 Å². The van der Waals surface area contributed by atoms with Crippen molar-refractivity contribution in [3.63, 3.8) is 0 Å². The van der Waals surface area contributed by atoms with Gasteiger partial charge in [0.2, 0.25) is 0 Å². The standard InChI is InChI=1S/C31H56O4S/c1-9-13-28(14-12-23-36(33,34)30(11-3)22-15-24(4)5)35-29-20-18-27(19-21-29)31(7,8)26(10-2)17-16-25(6)32/h18-21,24-26,28,30,32H,9-17,22-23H2,1-8H3. The predicted octanol–water partition coefficient (Wildman–Crippen LogP) is 8.11. The Morgan fingerprint density at radius 3 is 2.00 bits per heavy atom. The van der Waals surface area contributed by atoms with E-state index in [1.807, 2.05) is 13.8 Å². The van der Waals surface area contributed by atoms with Crippen LogP contribution < -0.4 is 4.74 Å². The largest absolute Gasteiger partial charge is 0.490 e. The van der Waals surface area contributed by atoms with Crippen LogP contribution in [0, 0.1) is 11.8 Å². The highest BCUT2D eigenvalue weighted by molar-refractivity contribution is 7.92. The second kappa shape index (κ2) is 16.0. The normalized spacial score (nSPS) is 16.1. The summed E-state index contributed by atoms with van der Waals surface area (Å²) in [6.45, 7) is 17.1. The van der Waals surface area contributed by atoms with Crippen LogP contribution in [0.3, 0.4) is 0 Å². The maximum absolute atomic E-state index is 12.9. The Hall–Kier alpha value is -1.07. The van der Waals surface area contributed by atoms with E-state index in [-0.39, 0.29) is 28.6 Å². The van der Waals surface area contributed by atoms with Crippen molar-refractivity contribution in [3.8, 4) is 5.75 Å². The SMILES string of the molecule is CCCC(CCCS(=O)(=O)C(CC)CCC(C)C)Oc1ccc(C(C)(C)C(CC)CCC(C)O)cc1. The quantitative estimate of drug-likeness (QED) is 0.198. The topological polar surface area (TPSA) is 63.6 Å². The molecule has 0 heterocycles. The summed E-state index contributed by atoms with van der Waals surface area (Å²) in [4.78, 5) is 0. The van der Waals surface area contributed by atoms with Crippen LogP contribution in [-0.4, -0.2) is 36.7 Å². The Balaban J connectivity index is 2.77. The lowest BCUT2D eigenvalue weighted by Crippen LogP contribution is -2.29. The van der Waals surface area contributed by atoms with Crippen LogP contribution in [0.1, 0.15) is 125 Å². The molecule has 1 rings (SSSR count). The van der Waals surface area contributed by atoms with Gasteiger partial charge in [0.05, 0.1) is 23.2 Å². The number of sulfone groups is 1. The maximum atomic E-state index is 12.9. The first kappa shape index (κ1) is 33.0. The highest BCUT2D eigenvalue weighted by atomic mass is 32.2. The summed E-state index contributed by atoms with van der Waals surface area (Å²) >= 11 is 0. The molecule has 0 aliphatic heterocycles. The molecule has 36 heavy (non-hydrogen) atoms. The Labute approximate surface area is 223 Å². The van der Waals surface area contributed by atoms with Crippen molar-refractivity contribution in [1.82, 2.24) is 0 Å². The van der Waals surface area contributed by atoms with Crippen molar-refractivity contribution in [1.29, 1.82) is 0 Å². The van der Waals surface area contributed by atoms with Crippen molar-refractivity contribution < 1.29 is 18.3 Å². The van der Waals surface area contributed by atoms with Gasteiger partial charge in [-0.15, -0.1) is 0 Å². The smallest absolute Gasteiger partial charge is 0.153 e. The number of benzene rings is 1. The van der Waals surface area contributed by atoms with Gasteiger partial charge in [-0.1, -0.05) is 73.4 Å². The Bertz CT molecular complexity index is 811. The van der Waals surface area contributed by atoms with E-state index in [4.69, 9.17) is 4.74 Å². The summed E-state index contributed by atoms with van der Waals surface area (Å²) in [5, 5.41) is 9.52. The van der Waals surface area contributed by atoms with Crippen molar-refractivity contribution in [2.75, 3.05) is 5.75 Å². The molecule has 4 atom stereocenters. The highest BCUT2D eigenvalue weighted by Crippen LogP contribution is 2.37. The molecule has 0 amide bonds. The minimum Gasteiger partial charge on any atom is -0.490 e. The molecule has 0 fully saturated rings. The average molecular weight is 525 g/mol. The number of ether oxygens (including phenoxy) is 1. The van der Waals surface area contributed by atoms with Crippen molar-refractivity contribution in [2.24, 2.45) is 11.8 Å². The van der Waals surface area contributed by atoms with Crippen molar-refractivity contribution in [2.45, 2.75) is 142 Å². The lowest BCUT2D eigenvalue weighted by atomic mass is 9.70. The summed E-state index contributed by atoms with van der Waals surface area (Å²) in [5.74, 6) is 2.15. The Morgan fingerprint density at radius 2 is 1.50 bits per heavy atom. The van der Waals surface area contributed by atoms with E-state index in [1.165, 1.54) is 5.56 Å². The first-order chi connectivity index (χ1) is 16.9. The number of aliphatic hydroxyl groups excluding tert-OH is 1. The Kier molecular flexibility index (Phi) is 14.7. The van der Waals surface area contributed by atoms with Crippen LogP contribution in [0.25, 0.3) is 0 Å². The molecule has 4 nitrogen and oxygen atoms in total. The third kappa shape index (κ3) is 11.1. The molecule has 0 saturated carbocycles. The molecule has 1 N–H and O–H groups in total. The zero-order valence-corrected chi connectivity index (χ0v) is 25.4. The van der Waals surface area contributed by atoms with Crippen molar-refractivity contribution >= 4 is 9.84 Å². The molecule has 0 bridgehead atoms. The van der Waals surface area contributed by atoms with Gasteiger partial charge in [-0.05, 0) is 93.2 Å². The molecule has 0 radical (unpaired) electrons. The highest BCUT2D eigenvalue weighted by Gasteiger charge is 2.30. The van der Waals surface area contributed by atoms with Crippen LogP contribution in [0.15, 0.2) is 24.3 Å². The molecule has 1 aromatic rings. The third-order valence-electron chi connectivity index (χ3n) is 7.94. The summed E-state index contributed by atoms with van der Waals surface area (Å²) < 4.78 is 32.2. The van der Waals surface area contributed by atoms with Crippen LogP contribution in [0.2, 0.25) is 0 Å². The van der Waals surface area contributed by atoms with Gasteiger partial charge in [0.1, 0.15) is 5.75 Å². The molecule has 0 aromatic heterocycles. The van der Waals surface area contributed by atoms with Crippen LogP contribution >= 0.6 is 0 Å². The van der Waals surface area contributed by atoms with Gasteiger partial charge >= 0.3 is 0 Å². The van der Waals surface area contributed by atoms with E-state index in [0.29, 0.717) is 24.7 Å². The molecule has 0 aliphatic rings. The van der Waals surface area contributed by atoms with Gasteiger partial charge in [0.25, 0.3) is 0 Å². The van der Waals surface area contributed by atoms with Gasteiger partial charge in [-0.3, -0.25) is 0 Å². The molecule has 0 saturated heterocycles. The minimum absolute atomic E-state index is 0.0186. The fourth-order valence-corrected chi connectivity index (χ4v) is 7.23. The Morgan fingerprint density at radius 1 is 0.861 bits per heavy atom. The summed E-state index contributed by atoms with van der Waals surface area (Å²) in [6.07, 6.45) is 8.48. The van der Waals surface area contributed by atoms with Gasteiger partial charge in [-0.2, -0.15) is 0 Å². The number of hydrogen-bond acceptors (Lipinski definition) is 4. The maximum Gasteiger partial charge on any atom is 0.153 e. The van der Waals surface area contributed by atoms with Gasteiger partial charge in [0.15, 0.2) is 9.84 Å². The summed E-state index contributed by atoms with van der Waals surface area (Å²) in [5.41, 5.74) is 1.31. The van der Waals surface area contributed by atoms with Gasteiger partial charge < -0.3 is 9.84 Å². The minimum atomic E-state index is -3.07. The predicted molar refractivity (Wildman–Crippen MR) is 155 cm³/mol. The first-order valence-corrected chi connectivity index (χ1v) is 16.3. The third-order valence-corrected chi connectivity index (χ3v) is 10.4. The second-order valence-corrected chi connectivity index (χ2v) is 14.2. The zero-order valence-electron chi connectivity index (χ0n) is 24.6. The fourth-order valence-electron chi connectivity index (χ4n) is 5.33. The lowest BCUT2D eigenvalue weighted by molar-refractivity contribution is 0.160. The summed E-state index contributed by atoms with van der Waals surface area (Å²) in [7, 11) is -3.07. The molecule has 1 aromatic carbocycles. The average Bonchev–Trinajstić information content (AvgIpc) is 2.79. The molecule has 0 aliphatic carbocycles. The van der Waals surface area contributed by atoms with Crippen LogP contribution in [0.5, 0.6) is 5.75 Å². The van der Waals surface area contributed by atoms with E-state index in [0.717, 1.165) is 57.1 Å². The van der Waals surface area contributed by atoms with E-state index in [9.17, 15) is 13.5 Å². The molecule has 4 unspecified atom stereocenters. The van der Waals surface area contributed by atoms with E-state index >= 15 is 0 Å². The zero-order chi connectivity index (χ0) is 27.4. The van der Waals surface area contributed by atoms with E-state index in [2.05, 4.69) is 65.8 Å². The van der Waals surface area contributed by atoms with Crippen LogP contribution in [0.4, 0.5) is 0 Å². The molecule has 5 heteroatoms. The first-order valence-electron chi connectivity index (χ1n) is 14.5. The van der Waals surface area contributed by atoms with Crippen molar-refractivity contribution in [3.05, 3.63) is 29.8 Å². The fraction of sp³-hybridized carbons (Fsp3) is 0.806. The number of aliphatic hydroxyl groups is 1. The molecule has 210 valence electrons. The monoisotopic (exact) mass is 524 g/mol. The lowest BCUT2D eigenvalue weighted by Gasteiger charge is -2.35. The second-order valence-electron chi connectivity index (χ2n) is 11.8. The van der Waals surface area contributed by atoms with Gasteiger partial charge in [-0.25, -0.2) is 8.42 Å². The molecule has 0 spiro atoms. The van der Waals surface area contributed by atoms with E-state index in [1.54, 1.807) is 0 Å². The van der Waals surface area contributed by atoms with E-state index < -0.39 is 9.84 Å². The van der Waals surface area contributed by atoms with Crippen LogP contribution in [-0.2, 0) is 15.3 Å². The number of hydrogen-bond donors (Lipinski definition) is 1. The molecular weight excluding hydrogens is 468 g/mol. The number of rotatable bonds is 19. The molecular formula is C31H56O4S.